The molecule has 2 fully saturated rings. The number of allylic oxidation sites excluding steroid dienone is 2. The van der Waals surface area contributed by atoms with Crippen LogP contribution in [0.5, 0.6) is 0 Å². The van der Waals surface area contributed by atoms with E-state index in [1.807, 2.05) is 13.0 Å². The lowest BCUT2D eigenvalue weighted by Gasteiger charge is -2.35. The quantitative estimate of drug-likeness (QED) is 0.675. The first-order valence-corrected chi connectivity index (χ1v) is 10.4. The Morgan fingerprint density at radius 1 is 1.21 bits per heavy atom. The molecule has 2 aliphatic carbocycles. The predicted octanol–water partition coefficient (Wildman–Crippen LogP) is 5.84. The van der Waals surface area contributed by atoms with Gasteiger partial charge in [-0.25, -0.2) is 4.39 Å². The fraction of sp³-hybridized carbons (Fsp3) is 0.458. The van der Waals surface area contributed by atoms with Crippen molar-refractivity contribution in [3.05, 3.63) is 53.0 Å². The Morgan fingerprint density at radius 3 is 2.64 bits per heavy atom. The standard InChI is InChI=1S/C24H26FN3/c1-16-13-22-18(14-20(16)25)19(15-26)23(28(22)17-7-3-4-8-17)21-9-5-6-12-27(21)24(2)10-11-24/h5-6,9,13-14,17H,3-4,7-8,10-12H2,1-2H3. The Kier molecular flexibility index (Phi) is 3.91. The topological polar surface area (TPSA) is 32.0 Å². The van der Waals surface area contributed by atoms with Crippen molar-refractivity contribution in [1.82, 2.24) is 9.47 Å². The maximum Gasteiger partial charge on any atom is 0.126 e. The van der Waals surface area contributed by atoms with Crippen LogP contribution in [-0.2, 0) is 0 Å². The third-order valence-electron chi connectivity index (χ3n) is 6.92. The summed E-state index contributed by atoms with van der Waals surface area (Å²) in [4.78, 5) is 2.46. The SMILES string of the molecule is Cc1cc2c(cc1F)c(C#N)c(C1=CC=CCN1C1(C)CC1)n2C1CCCC1. The second-order valence-corrected chi connectivity index (χ2v) is 8.85. The van der Waals surface area contributed by atoms with E-state index in [9.17, 15) is 9.65 Å². The molecule has 2 saturated carbocycles. The molecule has 1 aromatic heterocycles. The van der Waals surface area contributed by atoms with E-state index in [1.165, 1.54) is 25.7 Å². The molecule has 0 N–H and O–H groups in total. The molecule has 2 heterocycles. The average Bonchev–Trinajstić information content (AvgIpc) is 3.12. The zero-order valence-electron chi connectivity index (χ0n) is 16.6. The summed E-state index contributed by atoms with van der Waals surface area (Å²) in [5.41, 5.74) is 4.56. The lowest BCUT2D eigenvalue weighted by molar-refractivity contribution is 0.314. The van der Waals surface area contributed by atoms with Gasteiger partial charge in [0.2, 0.25) is 0 Å². The molecule has 4 heteroatoms. The molecular formula is C24H26FN3. The lowest BCUT2D eigenvalue weighted by atomic mass is 10.0. The first-order valence-electron chi connectivity index (χ1n) is 10.4. The maximum absolute atomic E-state index is 14.4. The fourth-order valence-electron chi connectivity index (χ4n) is 5.02. The van der Waals surface area contributed by atoms with Gasteiger partial charge in [-0.1, -0.05) is 25.0 Å². The highest BCUT2D eigenvalue weighted by atomic mass is 19.1. The highest BCUT2D eigenvalue weighted by Gasteiger charge is 2.45. The molecular weight excluding hydrogens is 349 g/mol. The first kappa shape index (κ1) is 17.6. The van der Waals surface area contributed by atoms with Gasteiger partial charge in [0.1, 0.15) is 11.9 Å². The summed E-state index contributed by atoms with van der Waals surface area (Å²) in [5.74, 6) is -0.234. The Balaban J connectivity index is 1.82. The number of benzene rings is 1. The van der Waals surface area contributed by atoms with Gasteiger partial charge < -0.3 is 9.47 Å². The van der Waals surface area contributed by atoms with Crippen molar-refractivity contribution in [2.75, 3.05) is 6.54 Å². The van der Waals surface area contributed by atoms with Crippen molar-refractivity contribution in [3.63, 3.8) is 0 Å². The van der Waals surface area contributed by atoms with Crippen LogP contribution in [0.25, 0.3) is 16.6 Å². The zero-order valence-corrected chi connectivity index (χ0v) is 16.6. The van der Waals surface area contributed by atoms with Crippen molar-refractivity contribution in [3.8, 4) is 6.07 Å². The number of fused-ring (bicyclic) bond motifs is 1. The summed E-state index contributed by atoms with van der Waals surface area (Å²) in [7, 11) is 0. The molecule has 28 heavy (non-hydrogen) atoms. The highest BCUT2D eigenvalue weighted by Crippen LogP contribution is 2.48. The second-order valence-electron chi connectivity index (χ2n) is 8.85. The third kappa shape index (κ3) is 2.53. The number of nitriles is 1. The minimum Gasteiger partial charge on any atom is -0.361 e. The molecule has 0 atom stereocenters. The van der Waals surface area contributed by atoms with Crippen molar-refractivity contribution < 1.29 is 4.39 Å². The van der Waals surface area contributed by atoms with Crippen LogP contribution in [-0.4, -0.2) is 21.6 Å². The summed E-state index contributed by atoms with van der Waals surface area (Å²) in [6.45, 7) is 4.98. The van der Waals surface area contributed by atoms with Gasteiger partial charge in [-0.05, 0) is 63.3 Å². The summed E-state index contributed by atoms with van der Waals surface area (Å²) >= 11 is 0. The van der Waals surface area contributed by atoms with Crippen LogP contribution in [0.3, 0.4) is 0 Å². The van der Waals surface area contributed by atoms with E-state index in [-0.39, 0.29) is 11.4 Å². The first-order chi connectivity index (χ1) is 13.5. The van der Waals surface area contributed by atoms with Crippen LogP contribution in [0.2, 0.25) is 0 Å². The number of aryl methyl sites for hydroxylation is 1. The molecule has 0 spiro atoms. The van der Waals surface area contributed by atoms with Crippen LogP contribution in [0.1, 0.15) is 68.3 Å². The lowest BCUT2D eigenvalue weighted by Crippen LogP contribution is -2.35. The number of halogens is 1. The van der Waals surface area contributed by atoms with Crippen LogP contribution in [0.4, 0.5) is 4.39 Å². The van der Waals surface area contributed by atoms with Gasteiger partial charge in [-0.2, -0.15) is 5.26 Å². The molecule has 0 unspecified atom stereocenters. The minimum absolute atomic E-state index is 0.168. The van der Waals surface area contributed by atoms with Gasteiger partial charge >= 0.3 is 0 Å². The molecule has 1 aromatic carbocycles. The van der Waals surface area contributed by atoms with E-state index in [4.69, 9.17) is 0 Å². The van der Waals surface area contributed by atoms with Crippen molar-refractivity contribution in [2.45, 2.75) is 64.0 Å². The van der Waals surface area contributed by atoms with E-state index in [1.54, 1.807) is 6.07 Å². The van der Waals surface area contributed by atoms with E-state index >= 15 is 0 Å². The normalized spacial score (nSPS) is 21.2. The van der Waals surface area contributed by atoms with Gasteiger partial charge in [0.15, 0.2) is 0 Å². The number of rotatable bonds is 3. The summed E-state index contributed by atoms with van der Waals surface area (Å²) in [5, 5.41) is 10.9. The second kappa shape index (κ2) is 6.24. The molecule has 2 aromatic rings. The molecule has 5 rings (SSSR count). The molecule has 0 amide bonds. The maximum atomic E-state index is 14.4. The van der Waals surface area contributed by atoms with Crippen molar-refractivity contribution in [1.29, 1.82) is 5.26 Å². The van der Waals surface area contributed by atoms with E-state index in [2.05, 4.69) is 40.7 Å². The number of hydrogen-bond donors (Lipinski definition) is 0. The van der Waals surface area contributed by atoms with Gasteiger partial charge in [0.25, 0.3) is 0 Å². The van der Waals surface area contributed by atoms with E-state index < -0.39 is 0 Å². The van der Waals surface area contributed by atoms with Gasteiger partial charge in [-0.3, -0.25) is 0 Å². The summed E-state index contributed by atoms with van der Waals surface area (Å²) in [6, 6.07) is 6.33. The predicted molar refractivity (Wildman–Crippen MR) is 110 cm³/mol. The molecule has 0 bridgehead atoms. The highest BCUT2D eigenvalue weighted by molar-refractivity contribution is 5.93. The Labute approximate surface area is 165 Å². The van der Waals surface area contributed by atoms with Gasteiger partial charge in [0.05, 0.1) is 22.5 Å². The van der Waals surface area contributed by atoms with Crippen LogP contribution in [0, 0.1) is 24.1 Å². The molecule has 144 valence electrons. The number of nitrogens with zero attached hydrogens (tertiary/aromatic N) is 3. The van der Waals surface area contributed by atoms with Crippen molar-refractivity contribution in [2.24, 2.45) is 0 Å². The zero-order chi connectivity index (χ0) is 19.5. The largest absolute Gasteiger partial charge is 0.361 e. The Morgan fingerprint density at radius 2 is 1.96 bits per heavy atom. The molecule has 3 aliphatic rings. The van der Waals surface area contributed by atoms with E-state index in [0.717, 1.165) is 41.7 Å². The minimum atomic E-state index is -0.234. The van der Waals surface area contributed by atoms with Crippen LogP contribution < -0.4 is 0 Å². The van der Waals surface area contributed by atoms with Gasteiger partial charge in [-0.15, -0.1) is 0 Å². The average molecular weight is 375 g/mol. The monoisotopic (exact) mass is 375 g/mol. The smallest absolute Gasteiger partial charge is 0.126 e. The molecule has 0 radical (unpaired) electrons. The molecule has 1 aliphatic heterocycles. The summed E-state index contributed by atoms with van der Waals surface area (Å²) in [6.07, 6.45) is 13.5. The molecule has 0 saturated heterocycles. The van der Waals surface area contributed by atoms with Crippen LogP contribution in [0.15, 0.2) is 30.4 Å². The fourth-order valence-corrected chi connectivity index (χ4v) is 5.02. The third-order valence-corrected chi connectivity index (χ3v) is 6.92. The Bertz CT molecular complexity index is 1060. The van der Waals surface area contributed by atoms with Gasteiger partial charge in [0, 0.05) is 23.5 Å². The number of aromatic nitrogens is 1. The number of hydrogen-bond acceptors (Lipinski definition) is 2. The summed E-state index contributed by atoms with van der Waals surface area (Å²) < 4.78 is 16.8. The molecule has 3 nitrogen and oxygen atoms in total. The van der Waals surface area contributed by atoms with Crippen LogP contribution >= 0.6 is 0 Å². The van der Waals surface area contributed by atoms with E-state index in [0.29, 0.717) is 17.2 Å². The van der Waals surface area contributed by atoms with Crippen molar-refractivity contribution >= 4 is 16.6 Å². The Hall–Kier alpha value is -2.54.